The lowest BCUT2D eigenvalue weighted by Gasteiger charge is -2.29. The van der Waals surface area contributed by atoms with Crippen LogP contribution in [0.15, 0.2) is 27.8 Å². The van der Waals surface area contributed by atoms with Gasteiger partial charge in [0.2, 0.25) is 0 Å². The first-order chi connectivity index (χ1) is 11.6. The first kappa shape index (κ1) is 16.6. The van der Waals surface area contributed by atoms with Crippen molar-refractivity contribution < 1.29 is 18.7 Å². The maximum Gasteiger partial charge on any atom is 0.338 e. The van der Waals surface area contributed by atoms with Crippen molar-refractivity contribution >= 4 is 12.0 Å². The Kier molecular flexibility index (Phi) is 4.89. The average molecular weight is 333 g/mol. The van der Waals surface area contributed by atoms with Crippen LogP contribution in [0.3, 0.4) is 0 Å². The minimum atomic E-state index is -0.635. The van der Waals surface area contributed by atoms with Crippen molar-refractivity contribution in [1.29, 1.82) is 0 Å². The monoisotopic (exact) mass is 333 g/mol. The van der Waals surface area contributed by atoms with Gasteiger partial charge in [0.1, 0.15) is 17.6 Å². The van der Waals surface area contributed by atoms with Gasteiger partial charge in [0.25, 0.3) is 0 Å². The molecule has 0 spiro atoms. The molecule has 0 saturated carbocycles. The highest BCUT2D eigenvalue weighted by Crippen LogP contribution is 2.29. The number of aryl methyl sites for hydroxylation is 1. The van der Waals surface area contributed by atoms with Gasteiger partial charge in [-0.3, -0.25) is 4.90 Å². The van der Waals surface area contributed by atoms with Gasteiger partial charge in [-0.05, 0) is 51.9 Å². The van der Waals surface area contributed by atoms with Crippen LogP contribution in [0.1, 0.15) is 37.3 Å². The van der Waals surface area contributed by atoms with E-state index in [1.54, 1.807) is 13.0 Å². The first-order valence-electron chi connectivity index (χ1n) is 8.35. The number of amides is 2. The van der Waals surface area contributed by atoms with E-state index in [1.807, 2.05) is 13.0 Å². The van der Waals surface area contributed by atoms with E-state index in [2.05, 4.69) is 15.5 Å². The fourth-order valence-electron chi connectivity index (χ4n) is 3.18. The molecular weight excluding hydrogens is 310 g/mol. The van der Waals surface area contributed by atoms with Crippen LogP contribution >= 0.6 is 0 Å². The first-order valence-corrected chi connectivity index (χ1v) is 8.35. The summed E-state index contributed by atoms with van der Waals surface area (Å²) in [6, 6.07) is 2.62. The van der Waals surface area contributed by atoms with Gasteiger partial charge < -0.3 is 19.8 Å². The highest BCUT2D eigenvalue weighted by Gasteiger charge is 2.36. The molecule has 0 aliphatic carbocycles. The van der Waals surface area contributed by atoms with Crippen molar-refractivity contribution in [2.45, 2.75) is 32.7 Å². The summed E-state index contributed by atoms with van der Waals surface area (Å²) in [4.78, 5) is 26.9. The van der Waals surface area contributed by atoms with Crippen LogP contribution in [0.25, 0.3) is 0 Å². The number of carbonyl (C=O) groups is 2. The Balaban J connectivity index is 1.97. The molecular formula is C17H23N3O4. The van der Waals surface area contributed by atoms with Gasteiger partial charge in [-0.25, -0.2) is 9.59 Å². The Morgan fingerprint density at radius 1 is 1.38 bits per heavy atom. The number of nitrogens with zero attached hydrogens (tertiary/aromatic N) is 1. The normalized spacial score (nSPS) is 21.6. The molecule has 2 amide bonds. The molecule has 1 aromatic rings. The molecule has 1 fully saturated rings. The van der Waals surface area contributed by atoms with E-state index in [0.717, 1.165) is 31.7 Å². The van der Waals surface area contributed by atoms with E-state index in [1.165, 1.54) is 0 Å². The zero-order valence-electron chi connectivity index (χ0n) is 14.1. The van der Waals surface area contributed by atoms with Gasteiger partial charge in [0, 0.05) is 12.2 Å². The fourth-order valence-corrected chi connectivity index (χ4v) is 3.18. The quantitative estimate of drug-likeness (QED) is 0.804. The number of hydrogen-bond acceptors (Lipinski definition) is 5. The lowest BCUT2D eigenvalue weighted by molar-refractivity contribution is -0.139. The summed E-state index contributed by atoms with van der Waals surface area (Å²) < 4.78 is 10.9. The third-order valence-corrected chi connectivity index (χ3v) is 4.28. The summed E-state index contributed by atoms with van der Waals surface area (Å²) in [5.74, 6) is 0.824. The topological polar surface area (TPSA) is 83.8 Å². The minimum Gasteiger partial charge on any atom is -0.464 e. The number of urea groups is 1. The van der Waals surface area contributed by atoms with Gasteiger partial charge in [-0.2, -0.15) is 0 Å². The molecule has 130 valence electrons. The highest BCUT2D eigenvalue weighted by molar-refractivity contribution is 5.95. The molecule has 2 N–H and O–H groups in total. The predicted molar refractivity (Wildman–Crippen MR) is 87.2 cm³/mol. The number of carbonyl (C=O) groups excluding carboxylic acids is 2. The lowest BCUT2D eigenvalue weighted by Crippen LogP contribution is -2.48. The number of hydrogen-bond donors (Lipinski definition) is 2. The van der Waals surface area contributed by atoms with Crippen molar-refractivity contribution in [3.63, 3.8) is 0 Å². The smallest absolute Gasteiger partial charge is 0.338 e. The van der Waals surface area contributed by atoms with E-state index in [9.17, 15) is 9.59 Å². The summed E-state index contributed by atoms with van der Waals surface area (Å²) in [5.41, 5.74) is 1.01. The molecule has 3 rings (SSSR count). The second kappa shape index (κ2) is 7.09. The van der Waals surface area contributed by atoms with E-state index in [4.69, 9.17) is 9.15 Å². The Morgan fingerprint density at radius 2 is 2.12 bits per heavy atom. The molecule has 3 heterocycles. The molecule has 0 aromatic carbocycles. The standard InChI is InChI=1S/C17H23N3O4/c1-3-23-16(21)14-12(10-20-8-4-5-9-20)18-17(22)19-15(14)13-7-6-11(2)24-13/h6-7,15H,3-5,8-10H2,1-2H3,(H2,18,19,22)/t15-/m0/s1. The third kappa shape index (κ3) is 3.46. The van der Waals surface area contributed by atoms with Crippen LogP contribution in [0, 0.1) is 6.92 Å². The molecule has 24 heavy (non-hydrogen) atoms. The summed E-state index contributed by atoms with van der Waals surface area (Å²) in [7, 11) is 0. The number of furan rings is 1. The zero-order valence-corrected chi connectivity index (χ0v) is 14.1. The van der Waals surface area contributed by atoms with Crippen molar-refractivity contribution in [3.8, 4) is 0 Å². The molecule has 0 bridgehead atoms. The maximum absolute atomic E-state index is 12.5. The SMILES string of the molecule is CCOC(=O)C1=C(CN2CCCC2)NC(=O)N[C@H]1c1ccc(C)o1. The summed E-state index contributed by atoms with van der Waals surface area (Å²) in [6.07, 6.45) is 2.27. The van der Waals surface area contributed by atoms with Crippen molar-refractivity contribution in [2.75, 3.05) is 26.2 Å². The zero-order chi connectivity index (χ0) is 17.1. The van der Waals surface area contributed by atoms with E-state index in [0.29, 0.717) is 23.6 Å². The predicted octanol–water partition coefficient (Wildman–Crippen LogP) is 1.85. The average Bonchev–Trinajstić information content (AvgIpc) is 3.18. The third-order valence-electron chi connectivity index (χ3n) is 4.28. The molecule has 2 aliphatic rings. The van der Waals surface area contributed by atoms with E-state index < -0.39 is 12.0 Å². The highest BCUT2D eigenvalue weighted by atomic mass is 16.5. The second-order valence-electron chi connectivity index (χ2n) is 6.08. The Bertz CT molecular complexity index is 659. The summed E-state index contributed by atoms with van der Waals surface area (Å²) >= 11 is 0. The van der Waals surface area contributed by atoms with Crippen LogP contribution in [-0.4, -0.2) is 43.1 Å². The Hall–Kier alpha value is -2.28. The lowest BCUT2D eigenvalue weighted by atomic mass is 10.00. The number of esters is 1. The van der Waals surface area contributed by atoms with Crippen molar-refractivity contribution in [1.82, 2.24) is 15.5 Å². The number of ether oxygens (including phenoxy) is 1. The second-order valence-corrected chi connectivity index (χ2v) is 6.08. The number of rotatable bonds is 5. The van der Waals surface area contributed by atoms with Crippen LogP contribution in [0.4, 0.5) is 4.79 Å². The van der Waals surface area contributed by atoms with Crippen molar-refractivity contribution in [3.05, 3.63) is 34.9 Å². The molecule has 0 radical (unpaired) electrons. The molecule has 1 aromatic heterocycles. The molecule has 1 saturated heterocycles. The van der Waals surface area contributed by atoms with Crippen LogP contribution in [0.5, 0.6) is 0 Å². The summed E-state index contributed by atoms with van der Waals surface area (Å²) in [5, 5.41) is 5.55. The van der Waals surface area contributed by atoms with Crippen LogP contribution < -0.4 is 10.6 Å². The molecule has 7 heteroatoms. The minimum absolute atomic E-state index is 0.275. The van der Waals surface area contributed by atoms with Crippen LogP contribution in [0.2, 0.25) is 0 Å². The molecule has 0 unspecified atom stereocenters. The van der Waals surface area contributed by atoms with Gasteiger partial charge >= 0.3 is 12.0 Å². The summed E-state index contributed by atoms with van der Waals surface area (Å²) in [6.45, 7) is 6.32. The van der Waals surface area contributed by atoms with Gasteiger partial charge in [-0.15, -0.1) is 0 Å². The van der Waals surface area contributed by atoms with Crippen LogP contribution in [-0.2, 0) is 9.53 Å². The Morgan fingerprint density at radius 3 is 2.75 bits per heavy atom. The van der Waals surface area contributed by atoms with Gasteiger partial charge in [-0.1, -0.05) is 0 Å². The Labute approximate surface area is 141 Å². The molecule has 1 atom stereocenters. The van der Waals surface area contributed by atoms with E-state index >= 15 is 0 Å². The molecule has 7 nitrogen and oxygen atoms in total. The number of nitrogens with one attached hydrogen (secondary N) is 2. The van der Waals surface area contributed by atoms with Gasteiger partial charge in [0.15, 0.2) is 0 Å². The maximum atomic E-state index is 12.5. The van der Waals surface area contributed by atoms with E-state index in [-0.39, 0.29) is 12.6 Å². The fraction of sp³-hybridized carbons (Fsp3) is 0.529. The van der Waals surface area contributed by atoms with Crippen molar-refractivity contribution in [2.24, 2.45) is 0 Å². The largest absolute Gasteiger partial charge is 0.464 e. The van der Waals surface area contributed by atoms with Gasteiger partial charge in [0.05, 0.1) is 12.2 Å². The number of likely N-dealkylation sites (tertiary alicyclic amines) is 1. The molecule has 2 aliphatic heterocycles.